The zero-order valence-corrected chi connectivity index (χ0v) is 9.93. The van der Waals surface area contributed by atoms with Crippen LogP contribution in [-0.4, -0.2) is 21.2 Å². The molecular weight excluding hydrogens is 261 g/mol. The Morgan fingerprint density at radius 1 is 1.21 bits per heavy atom. The van der Waals surface area contributed by atoms with E-state index in [0.29, 0.717) is 11.3 Å². The Kier molecular flexibility index (Phi) is 3.48. The van der Waals surface area contributed by atoms with Gasteiger partial charge in [-0.3, -0.25) is 4.68 Å². The van der Waals surface area contributed by atoms with Gasteiger partial charge >= 0.3 is 6.36 Å². The van der Waals surface area contributed by atoms with Crippen molar-refractivity contribution < 1.29 is 23.0 Å². The molecule has 2 rings (SSSR count). The zero-order chi connectivity index (χ0) is 14.0. The third-order valence-corrected chi connectivity index (χ3v) is 2.57. The zero-order valence-electron chi connectivity index (χ0n) is 9.93. The molecule has 102 valence electrons. The van der Waals surface area contributed by atoms with Crippen LogP contribution in [0.5, 0.6) is 5.75 Å². The number of halogens is 3. The maximum atomic E-state index is 12.0. The summed E-state index contributed by atoms with van der Waals surface area (Å²) in [5, 5.41) is 14.0. The third kappa shape index (κ3) is 3.25. The van der Waals surface area contributed by atoms with Crippen LogP contribution in [0.4, 0.5) is 13.2 Å². The van der Waals surface area contributed by atoms with Crippen molar-refractivity contribution in [3.8, 4) is 5.75 Å². The van der Waals surface area contributed by atoms with E-state index in [2.05, 4.69) is 9.84 Å². The molecule has 1 unspecified atom stereocenters. The van der Waals surface area contributed by atoms with E-state index in [1.165, 1.54) is 23.0 Å². The van der Waals surface area contributed by atoms with Gasteiger partial charge in [-0.15, -0.1) is 13.2 Å². The van der Waals surface area contributed by atoms with Crippen LogP contribution in [0, 0.1) is 0 Å². The van der Waals surface area contributed by atoms with E-state index < -0.39 is 12.5 Å². The van der Waals surface area contributed by atoms with Crippen LogP contribution in [0.25, 0.3) is 0 Å². The molecular formula is C12H11F3N2O2. The second-order valence-electron chi connectivity index (χ2n) is 3.90. The molecule has 0 amide bonds. The number of rotatable bonds is 3. The molecule has 1 aromatic heterocycles. The fraction of sp³-hybridized carbons (Fsp3) is 0.250. The lowest BCUT2D eigenvalue weighted by Crippen LogP contribution is -2.17. The largest absolute Gasteiger partial charge is 0.573 e. The molecule has 0 fully saturated rings. The summed E-state index contributed by atoms with van der Waals surface area (Å²) in [6.07, 6.45) is -4.14. The fourth-order valence-electron chi connectivity index (χ4n) is 1.67. The van der Waals surface area contributed by atoms with Crippen molar-refractivity contribution in [1.82, 2.24) is 9.78 Å². The quantitative estimate of drug-likeness (QED) is 0.933. The fourth-order valence-corrected chi connectivity index (χ4v) is 1.67. The molecule has 1 atom stereocenters. The first-order valence-electron chi connectivity index (χ1n) is 5.38. The van der Waals surface area contributed by atoms with Gasteiger partial charge in [0.05, 0.1) is 5.69 Å². The van der Waals surface area contributed by atoms with E-state index in [1.807, 2.05) is 0 Å². The van der Waals surface area contributed by atoms with Gasteiger partial charge in [0.15, 0.2) is 0 Å². The minimum Gasteiger partial charge on any atom is -0.406 e. The summed E-state index contributed by atoms with van der Waals surface area (Å²) in [4.78, 5) is 0. The van der Waals surface area contributed by atoms with Crippen molar-refractivity contribution in [2.45, 2.75) is 12.5 Å². The number of benzene rings is 1. The molecule has 1 aromatic carbocycles. The smallest absolute Gasteiger partial charge is 0.406 e. The number of aliphatic hydroxyl groups is 1. The van der Waals surface area contributed by atoms with Crippen molar-refractivity contribution in [1.29, 1.82) is 0 Å². The summed E-state index contributed by atoms with van der Waals surface area (Å²) in [6, 6.07) is 6.69. The molecule has 0 radical (unpaired) electrons. The molecule has 0 saturated heterocycles. The molecule has 1 heterocycles. The summed E-state index contributed by atoms with van der Waals surface area (Å²) in [7, 11) is 1.67. The van der Waals surface area contributed by atoms with Crippen molar-refractivity contribution in [3.05, 3.63) is 47.8 Å². The first kappa shape index (κ1) is 13.4. The van der Waals surface area contributed by atoms with Crippen molar-refractivity contribution in [2.24, 2.45) is 7.05 Å². The molecule has 19 heavy (non-hydrogen) atoms. The SMILES string of the molecule is Cn1nccc1C(O)c1ccc(OC(F)(F)F)cc1. The molecule has 4 nitrogen and oxygen atoms in total. The molecule has 1 N–H and O–H groups in total. The van der Waals surface area contributed by atoms with Crippen molar-refractivity contribution in [2.75, 3.05) is 0 Å². The topological polar surface area (TPSA) is 47.3 Å². The number of alkyl halides is 3. The normalized spacial score (nSPS) is 13.3. The van der Waals surface area contributed by atoms with Gasteiger partial charge in [-0.1, -0.05) is 12.1 Å². The average Bonchev–Trinajstić information content (AvgIpc) is 2.73. The summed E-state index contributed by atoms with van der Waals surface area (Å²) in [5.74, 6) is -0.326. The Hall–Kier alpha value is -2.02. The number of ether oxygens (including phenoxy) is 1. The lowest BCUT2D eigenvalue weighted by Gasteiger charge is -2.13. The molecule has 2 aromatic rings. The Morgan fingerprint density at radius 2 is 1.84 bits per heavy atom. The van der Waals surface area contributed by atoms with E-state index in [1.54, 1.807) is 13.1 Å². The Balaban J connectivity index is 2.17. The van der Waals surface area contributed by atoms with Gasteiger partial charge in [0, 0.05) is 13.2 Å². The Labute approximate surface area is 107 Å². The van der Waals surface area contributed by atoms with E-state index in [-0.39, 0.29) is 5.75 Å². The number of hydrogen-bond donors (Lipinski definition) is 1. The monoisotopic (exact) mass is 272 g/mol. The molecule has 0 saturated carbocycles. The molecule has 0 bridgehead atoms. The summed E-state index contributed by atoms with van der Waals surface area (Å²) < 4.78 is 41.2. The number of nitrogens with zero attached hydrogens (tertiary/aromatic N) is 2. The lowest BCUT2D eigenvalue weighted by atomic mass is 10.1. The minimum absolute atomic E-state index is 0.326. The maximum Gasteiger partial charge on any atom is 0.573 e. The van der Waals surface area contributed by atoms with Gasteiger partial charge in [-0.25, -0.2) is 0 Å². The average molecular weight is 272 g/mol. The van der Waals surface area contributed by atoms with Crippen LogP contribution in [0.15, 0.2) is 36.5 Å². The van der Waals surface area contributed by atoms with Gasteiger partial charge in [0.1, 0.15) is 11.9 Å². The molecule has 0 spiro atoms. The Bertz CT molecular complexity index is 549. The van der Waals surface area contributed by atoms with E-state index in [4.69, 9.17) is 0 Å². The minimum atomic E-state index is -4.72. The van der Waals surface area contributed by atoms with Crippen molar-refractivity contribution >= 4 is 0 Å². The number of aliphatic hydroxyl groups excluding tert-OH is 1. The predicted molar refractivity (Wildman–Crippen MR) is 60.4 cm³/mol. The van der Waals surface area contributed by atoms with Crippen LogP contribution < -0.4 is 4.74 Å². The van der Waals surface area contributed by atoms with Gasteiger partial charge in [0.2, 0.25) is 0 Å². The van der Waals surface area contributed by atoms with Crippen LogP contribution in [0.1, 0.15) is 17.4 Å². The van der Waals surface area contributed by atoms with Crippen LogP contribution in [0.2, 0.25) is 0 Å². The third-order valence-electron chi connectivity index (χ3n) is 2.57. The van der Waals surface area contributed by atoms with Gasteiger partial charge < -0.3 is 9.84 Å². The van der Waals surface area contributed by atoms with E-state index >= 15 is 0 Å². The van der Waals surface area contributed by atoms with Crippen molar-refractivity contribution in [3.63, 3.8) is 0 Å². The summed E-state index contributed by atoms with van der Waals surface area (Å²) in [6.45, 7) is 0. The number of aromatic nitrogens is 2. The van der Waals surface area contributed by atoms with E-state index in [0.717, 1.165) is 12.1 Å². The number of aryl methyl sites for hydroxylation is 1. The van der Waals surface area contributed by atoms with Gasteiger partial charge in [-0.2, -0.15) is 5.10 Å². The molecule has 7 heteroatoms. The molecule has 0 aliphatic heterocycles. The van der Waals surface area contributed by atoms with Gasteiger partial charge in [-0.05, 0) is 23.8 Å². The molecule has 0 aliphatic rings. The predicted octanol–water partition coefficient (Wildman–Crippen LogP) is 2.40. The molecule has 0 aliphatic carbocycles. The summed E-state index contributed by atoms with van der Waals surface area (Å²) >= 11 is 0. The standard InChI is InChI=1S/C12H11F3N2O2/c1-17-10(6-7-16-17)11(18)8-2-4-9(5-3-8)19-12(13,14)15/h2-7,11,18H,1H3. The maximum absolute atomic E-state index is 12.0. The van der Waals surface area contributed by atoms with E-state index in [9.17, 15) is 18.3 Å². The number of hydrogen-bond acceptors (Lipinski definition) is 3. The first-order chi connectivity index (χ1) is 8.87. The summed E-state index contributed by atoms with van der Waals surface area (Å²) in [5.41, 5.74) is 1.00. The van der Waals surface area contributed by atoms with Crippen LogP contribution in [0.3, 0.4) is 0 Å². The highest BCUT2D eigenvalue weighted by Crippen LogP contribution is 2.26. The second kappa shape index (κ2) is 4.93. The second-order valence-corrected chi connectivity index (χ2v) is 3.90. The highest BCUT2D eigenvalue weighted by atomic mass is 19.4. The lowest BCUT2D eigenvalue weighted by molar-refractivity contribution is -0.274. The first-order valence-corrected chi connectivity index (χ1v) is 5.38. The van der Waals surface area contributed by atoms with Crippen LogP contribution >= 0.6 is 0 Å². The highest BCUT2D eigenvalue weighted by Gasteiger charge is 2.31. The Morgan fingerprint density at radius 3 is 2.32 bits per heavy atom. The van der Waals surface area contributed by atoms with Gasteiger partial charge in [0.25, 0.3) is 0 Å². The highest BCUT2D eigenvalue weighted by molar-refractivity contribution is 5.32. The van der Waals surface area contributed by atoms with Crippen LogP contribution in [-0.2, 0) is 7.05 Å².